The van der Waals surface area contributed by atoms with E-state index < -0.39 is 0 Å². The van der Waals surface area contributed by atoms with Crippen molar-refractivity contribution in [2.24, 2.45) is 11.8 Å². The molecule has 0 aliphatic carbocycles. The Morgan fingerprint density at radius 2 is 1.89 bits per heavy atom. The zero-order chi connectivity index (χ0) is 13.3. The second-order valence-corrected chi connectivity index (χ2v) is 6.18. The number of hydrogen-bond acceptors (Lipinski definition) is 1. The van der Waals surface area contributed by atoms with Gasteiger partial charge >= 0.3 is 0 Å². The first kappa shape index (κ1) is 13.1. The Kier molecular flexibility index (Phi) is 3.74. The van der Waals surface area contributed by atoms with E-state index in [2.05, 4.69) is 45.1 Å². The molecule has 98 valence electrons. The molecule has 1 unspecified atom stereocenters. The van der Waals surface area contributed by atoms with Gasteiger partial charge in [-0.15, -0.1) is 0 Å². The van der Waals surface area contributed by atoms with Gasteiger partial charge in [0, 0.05) is 5.56 Å². The predicted molar refractivity (Wildman–Crippen MR) is 74.6 cm³/mol. The Labute approximate surface area is 110 Å². The molecule has 1 aliphatic heterocycles. The summed E-state index contributed by atoms with van der Waals surface area (Å²) in [5.41, 5.74) is 3.41. The van der Waals surface area contributed by atoms with E-state index in [4.69, 9.17) is 0 Å². The number of carbonyl (C=O) groups excluding carboxylic acids is 1. The average molecular weight is 245 g/mol. The molecule has 0 fully saturated rings. The summed E-state index contributed by atoms with van der Waals surface area (Å²) in [5.74, 6) is 1.33. The third-order valence-corrected chi connectivity index (χ3v) is 3.39. The summed E-state index contributed by atoms with van der Waals surface area (Å²) in [7, 11) is 0. The quantitative estimate of drug-likeness (QED) is 0.860. The molecule has 0 aromatic heterocycles. The van der Waals surface area contributed by atoms with E-state index in [1.165, 1.54) is 11.1 Å². The standard InChI is InChI=1S/C16H23NO/c1-10(2)7-12-5-6-13-14(9-12)15(8-11(3)4)17-16(13)18/h5-6,9-11,15H,7-8H2,1-4H3,(H,17,18). The van der Waals surface area contributed by atoms with Gasteiger partial charge in [0.25, 0.3) is 5.91 Å². The number of hydrogen-bond donors (Lipinski definition) is 1. The van der Waals surface area contributed by atoms with Crippen LogP contribution in [0.2, 0.25) is 0 Å². The highest BCUT2D eigenvalue weighted by atomic mass is 16.2. The highest BCUT2D eigenvalue weighted by molar-refractivity contribution is 5.99. The maximum Gasteiger partial charge on any atom is 0.252 e. The molecule has 0 saturated carbocycles. The maximum absolute atomic E-state index is 11.9. The summed E-state index contributed by atoms with van der Waals surface area (Å²) >= 11 is 0. The Morgan fingerprint density at radius 3 is 2.50 bits per heavy atom. The second kappa shape index (κ2) is 5.13. The summed E-state index contributed by atoms with van der Waals surface area (Å²) < 4.78 is 0. The number of fused-ring (bicyclic) bond motifs is 1. The van der Waals surface area contributed by atoms with Crippen LogP contribution in [0.1, 0.15) is 61.6 Å². The van der Waals surface area contributed by atoms with E-state index in [-0.39, 0.29) is 11.9 Å². The van der Waals surface area contributed by atoms with E-state index in [1.54, 1.807) is 0 Å². The first-order chi connectivity index (χ1) is 8.47. The van der Waals surface area contributed by atoms with Crippen molar-refractivity contribution >= 4 is 5.91 Å². The van der Waals surface area contributed by atoms with E-state index in [1.807, 2.05) is 6.07 Å². The molecular formula is C16H23NO. The molecule has 0 bridgehead atoms. The normalized spacial score (nSPS) is 18.3. The molecule has 1 aromatic rings. The molecule has 2 nitrogen and oxygen atoms in total. The number of rotatable bonds is 4. The molecule has 0 radical (unpaired) electrons. The first-order valence-corrected chi connectivity index (χ1v) is 6.91. The molecule has 1 aliphatic rings. The van der Waals surface area contributed by atoms with Gasteiger partial charge in [0.1, 0.15) is 0 Å². The zero-order valence-corrected chi connectivity index (χ0v) is 11.8. The van der Waals surface area contributed by atoms with Gasteiger partial charge in [-0.3, -0.25) is 4.79 Å². The van der Waals surface area contributed by atoms with Crippen LogP contribution in [-0.2, 0) is 6.42 Å². The van der Waals surface area contributed by atoms with Gasteiger partial charge in [-0.2, -0.15) is 0 Å². The summed E-state index contributed by atoms with van der Waals surface area (Å²) in [4.78, 5) is 11.9. The molecule has 1 aromatic carbocycles. The molecule has 18 heavy (non-hydrogen) atoms. The van der Waals surface area contributed by atoms with E-state index in [0.29, 0.717) is 11.8 Å². The van der Waals surface area contributed by atoms with Crippen molar-refractivity contribution in [3.63, 3.8) is 0 Å². The highest BCUT2D eigenvalue weighted by Gasteiger charge is 2.28. The van der Waals surface area contributed by atoms with Gasteiger partial charge in [-0.25, -0.2) is 0 Å². The van der Waals surface area contributed by atoms with Crippen LogP contribution in [0.3, 0.4) is 0 Å². The largest absolute Gasteiger partial charge is 0.345 e. The lowest BCUT2D eigenvalue weighted by Crippen LogP contribution is -2.20. The minimum atomic E-state index is 0.0896. The van der Waals surface area contributed by atoms with Gasteiger partial charge in [-0.1, -0.05) is 39.8 Å². The van der Waals surface area contributed by atoms with Crippen LogP contribution in [0.15, 0.2) is 18.2 Å². The average Bonchev–Trinajstić information content (AvgIpc) is 2.54. The van der Waals surface area contributed by atoms with Crippen LogP contribution in [0, 0.1) is 11.8 Å². The van der Waals surface area contributed by atoms with Crippen molar-refractivity contribution in [2.45, 2.75) is 46.6 Å². The van der Waals surface area contributed by atoms with Crippen molar-refractivity contribution in [2.75, 3.05) is 0 Å². The lowest BCUT2D eigenvalue weighted by Gasteiger charge is -2.15. The van der Waals surface area contributed by atoms with Crippen LogP contribution in [0.5, 0.6) is 0 Å². The smallest absolute Gasteiger partial charge is 0.252 e. The number of nitrogens with one attached hydrogen (secondary N) is 1. The third kappa shape index (κ3) is 2.74. The Morgan fingerprint density at radius 1 is 1.17 bits per heavy atom. The van der Waals surface area contributed by atoms with E-state index in [0.717, 1.165) is 18.4 Å². The van der Waals surface area contributed by atoms with Crippen LogP contribution >= 0.6 is 0 Å². The summed E-state index contributed by atoms with van der Waals surface area (Å²) in [6, 6.07) is 6.51. The van der Waals surface area contributed by atoms with E-state index >= 15 is 0 Å². The lowest BCUT2D eigenvalue weighted by molar-refractivity contribution is 0.0953. The van der Waals surface area contributed by atoms with Crippen molar-refractivity contribution in [3.05, 3.63) is 34.9 Å². The maximum atomic E-state index is 11.9. The highest BCUT2D eigenvalue weighted by Crippen LogP contribution is 2.31. The van der Waals surface area contributed by atoms with Gasteiger partial charge in [0.2, 0.25) is 0 Å². The fraction of sp³-hybridized carbons (Fsp3) is 0.562. The number of amides is 1. The minimum absolute atomic E-state index is 0.0896. The molecule has 1 amide bonds. The molecular weight excluding hydrogens is 222 g/mol. The van der Waals surface area contributed by atoms with Crippen molar-refractivity contribution in [1.29, 1.82) is 0 Å². The summed E-state index contributed by atoms with van der Waals surface area (Å²) in [5, 5.41) is 3.09. The SMILES string of the molecule is CC(C)Cc1ccc2c(c1)C(CC(C)C)NC2=O. The minimum Gasteiger partial charge on any atom is -0.345 e. The van der Waals surface area contributed by atoms with Crippen molar-refractivity contribution < 1.29 is 4.79 Å². The first-order valence-electron chi connectivity index (χ1n) is 6.91. The third-order valence-electron chi connectivity index (χ3n) is 3.39. The molecule has 2 heteroatoms. The Balaban J connectivity index is 2.28. The van der Waals surface area contributed by atoms with Gasteiger partial charge in [0.15, 0.2) is 0 Å². The van der Waals surface area contributed by atoms with Gasteiger partial charge in [-0.05, 0) is 41.9 Å². The monoisotopic (exact) mass is 245 g/mol. The predicted octanol–water partition coefficient (Wildman–Crippen LogP) is 3.72. The number of benzene rings is 1. The summed E-state index contributed by atoms with van der Waals surface area (Å²) in [6.45, 7) is 8.84. The Bertz CT molecular complexity index is 448. The van der Waals surface area contributed by atoms with Crippen LogP contribution < -0.4 is 5.32 Å². The van der Waals surface area contributed by atoms with Crippen LogP contribution in [-0.4, -0.2) is 5.91 Å². The van der Waals surface area contributed by atoms with Crippen molar-refractivity contribution in [3.8, 4) is 0 Å². The van der Waals surface area contributed by atoms with E-state index in [9.17, 15) is 4.79 Å². The fourth-order valence-corrected chi connectivity index (χ4v) is 2.68. The molecule has 1 N–H and O–H groups in total. The number of carbonyl (C=O) groups is 1. The second-order valence-electron chi connectivity index (χ2n) is 6.18. The van der Waals surface area contributed by atoms with Crippen molar-refractivity contribution in [1.82, 2.24) is 5.32 Å². The topological polar surface area (TPSA) is 29.1 Å². The molecule has 1 heterocycles. The van der Waals surface area contributed by atoms with Gasteiger partial charge in [0.05, 0.1) is 6.04 Å². The zero-order valence-electron chi connectivity index (χ0n) is 11.8. The molecule has 2 rings (SSSR count). The van der Waals surface area contributed by atoms with Crippen LogP contribution in [0.4, 0.5) is 0 Å². The lowest BCUT2D eigenvalue weighted by atomic mass is 9.93. The molecule has 1 atom stereocenters. The molecule has 0 saturated heterocycles. The summed E-state index contributed by atoms with van der Waals surface area (Å²) in [6.07, 6.45) is 2.10. The molecule has 0 spiro atoms. The van der Waals surface area contributed by atoms with Crippen LogP contribution in [0.25, 0.3) is 0 Å². The Hall–Kier alpha value is -1.31. The fourth-order valence-electron chi connectivity index (χ4n) is 2.68. The van der Waals surface area contributed by atoms with Gasteiger partial charge < -0.3 is 5.32 Å².